The van der Waals surface area contributed by atoms with Crippen molar-refractivity contribution in [2.45, 2.75) is 56.2 Å². The van der Waals surface area contributed by atoms with Crippen LogP contribution in [0.4, 0.5) is 8.78 Å². The van der Waals surface area contributed by atoms with Gasteiger partial charge < -0.3 is 14.8 Å². The Morgan fingerprint density at radius 1 is 1.38 bits per heavy atom. The highest BCUT2D eigenvalue weighted by molar-refractivity contribution is 7.98. The van der Waals surface area contributed by atoms with E-state index in [1.165, 1.54) is 0 Å². The van der Waals surface area contributed by atoms with E-state index in [-0.39, 0.29) is 17.9 Å². The van der Waals surface area contributed by atoms with Crippen LogP contribution >= 0.6 is 11.8 Å². The molecule has 1 aromatic heterocycles. The highest BCUT2D eigenvalue weighted by atomic mass is 32.2. The summed E-state index contributed by atoms with van der Waals surface area (Å²) >= 11 is 0.560. The highest BCUT2D eigenvalue weighted by Gasteiger charge is 2.33. The number of thioether (sulfide) groups is 1. The Morgan fingerprint density at radius 3 is 2.67 bits per heavy atom. The first-order chi connectivity index (χ1) is 10.0. The molecule has 1 aliphatic carbocycles. The molecule has 1 aliphatic rings. The lowest BCUT2D eigenvalue weighted by Gasteiger charge is -2.38. The minimum atomic E-state index is -2.38. The zero-order valence-electron chi connectivity index (χ0n) is 12.3. The molecule has 0 aliphatic heterocycles. The van der Waals surface area contributed by atoms with E-state index in [0.29, 0.717) is 30.0 Å². The molecule has 0 bridgehead atoms. The van der Waals surface area contributed by atoms with Gasteiger partial charge in [-0.2, -0.15) is 8.78 Å². The largest absolute Gasteiger partial charge is 0.464 e. The Morgan fingerprint density at radius 2 is 2.05 bits per heavy atom. The number of nitrogens with one attached hydrogen (secondary N) is 1. The number of halogens is 2. The molecule has 0 amide bonds. The Hall–Kier alpha value is -0.590. The van der Waals surface area contributed by atoms with E-state index >= 15 is 0 Å². The number of alkyl halides is 2. The van der Waals surface area contributed by atoms with Crippen LogP contribution in [-0.2, 0) is 12.3 Å². The van der Waals surface area contributed by atoms with Gasteiger partial charge in [0.25, 0.3) is 5.76 Å². The van der Waals surface area contributed by atoms with Crippen molar-refractivity contribution in [2.75, 3.05) is 6.61 Å². The molecule has 3 nitrogen and oxygen atoms in total. The van der Waals surface area contributed by atoms with Crippen LogP contribution in [0.3, 0.4) is 0 Å². The first-order valence-corrected chi connectivity index (χ1v) is 8.41. The number of rotatable bonds is 7. The fourth-order valence-electron chi connectivity index (χ4n) is 2.72. The molecular formula is C15H23F2NO2S. The van der Waals surface area contributed by atoms with Crippen LogP contribution in [0, 0.1) is 5.92 Å². The predicted molar refractivity (Wildman–Crippen MR) is 80.3 cm³/mol. The molecule has 0 aromatic carbocycles. The Balaban J connectivity index is 1.84. The summed E-state index contributed by atoms with van der Waals surface area (Å²) in [5.74, 6) is -0.189. The normalized spacial score (nSPS) is 26.4. The van der Waals surface area contributed by atoms with Gasteiger partial charge in [0.15, 0.2) is 0 Å². The third-order valence-corrected chi connectivity index (χ3v) is 4.94. The van der Waals surface area contributed by atoms with E-state index in [1.54, 1.807) is 6.07 Å². The Labute approximate surface area is 128 Å². The number of hydrogen-bond donors (Lipinski definition) is 2. The average molecular weight is 319 g/mol. The standard InChI is InChI=1S/C15H23F2NO2S/c1-11-4-6-15(10-19,7-5-11)18-8-12-2-3-13(20-12)9-21-14(16)17/h2-3,11,14,18-19H,4-10H2,1H3. The van der Waals surface area contributed by atoms with Gasteiger partial charge in [0.2, 0.25) is 0 Å². The molecule has 21 heavy (non-hydrogen) atoms. The molecule has 0 saturated heterocycles. The zero-order chi connectivity index (χ0) is 15.3. The number of aliphatic hydroxyl groups is 1. The summed E-state index contributed by atoms with van der Waals surface area (Å²) in [5, 5.41) is 13.1. The second-order valence-corrected chi connectivity index (χ2v) is 6.89. The van der Waals surface area contributed by atoms with Crippen LogP contribution in [-0.4, -0.2) is 23.0 Å². The van der Waals surface area contributed by atoms with Gasteiger partial charge in [-0.3, -0.25) is 0 Å². The van der Waals surface area contributed by atoms with Crippen LogP contribution < -0.4 is 5.32 Å². The molecule has 1 fully saturated rings. The quantitative estimate of drug-likeness (QED) is 0.803. The summed E-state index contributed by atoms with van der Waals surface area (Å²) in [7, 11) is 0. The topological polar surface area (TPSA) is 45.4 Å². The monoisotopic (exact) mass is 319 g/mol. The van der Waals surface area contributed by atoms with Crippen LogP contribution in [0.15, 0.2) is 16.5 Å². The molecule has 1 aromatic rings. The molecule has 0 atom stereocenters. The zero-order valence-corrected chi connectivity index (χ0v) is 13.1. The van der Waals surface area contributed by atoms with Crippen molar-refractivity contribution in [1.29, 1.82) is 0 Å². The lowest BCUT2D eigenvalue weighted by atomic mass is 9.77. The summed E-state index contributed by atoms with van der Waals surface area (Å²) in [6.07, 6.45) is 4.14. The van der Waals surface area contributed by atoms with Gasteiger partial charge >= 0.3 is 0 Å². The SMILES string of the molecule is CC1CCC(CO)(NCc2ccc(CSC(F)F)o2)CC1. The summed E-state index contributed by atoms with van der Waals surface area (Å²) < 4.78 is 29.8. The van der Waals surface area contributed by atoms with Gasteiger partial charge in [0.05, 0.1) is 18.9 Å². The number of furan rings is 1. The Bertz CT molecular complexity index is 431. The summed E-state index contributed by atoms with van der Waals surface area (Å²) in [6.45, 7) is 2.88. The summed E-state index contributed by atoms with van der Waals surface area (Å²) in [6, 6.07) is 3.55. The molecule has 2 N–H and O–H groups in total. The molecule has 0 unspecified atom stereocenters. The van der Waals surface area contributed by atoms with Gasteiger partial charge in [0, 0.05) is 5.54 Å². The van der Waals surface area contributed by atoms with Gasteiger partial charge in [-0.25, -0.2) is 0 Å². The van der Waals surface area contributed by atoms with Crippen LogP contribution in [0.5, 0.6) is 0 Å². The molecule has 2 rings (SSSR count). The van der Waals surface area contributed by atoms with Crippen molar-refractivity contribution in [1.82, 2.24) is 5.32 Å². The minimum Gasteiger partial charge on any atom is -0.464 e. The highest BCUT2D eigenvalue weighted by Crippen LogP contribution is 2.32. The number of hydrogen-bond acceptors (Lipinski definition) is 4. The van der Waals surface area contributed by atoms with Crippen LogP contribution in [0.1, 0.15) is 44.1 Å². The third kappa shape index (κ3) is 4.97. The smallest absolute Gasteiger partial charge is 0.284 e. The van der Waals surface area contributed by atoms with E-state index in [1.807, 2.05) is 6.07 Å². The van der Waals surface area contributed by atoms with Crippen molar-refractivity contribution < 1.29 is 18.3 Å². The third-order valence-electron chi connectivity index (χ3n) is 4.24. The van der Waals surface area contributed by atoms with E-state index in [0.717, 1.165) is 31.4 Å². The van der Waals surface area contributed by atoms with Gasteiger partial charge in [-0.15, -0.1) is 0 Å². The van der Waals surface area contributed by atoms with Crippen molar-refractivity contribution in [3.63, 3.8) is 0 Å². The molecule has 0 radical (unpaired) electrons. The van der Waals surface area contributed by atoms with E-state index < -0.39 is 5.76 Å². The Kier molecular flexibility index (Phi) is 6.08. The second kappa shape index (κ2) is 7.61. The minimum absolute atomic E-state index is 0.120. The molecule has 0 spiro atoms. The molecule has 120 valence electrons. The van der Waals surface area contributed by atoms with Crippen molar-refractivity contribution in [2.24, 2.45) is 5.92 Å². The van der Waals surface area contributed by atoms with Crippen LogP contribution in [0.2, 0.25) is 0 Å². The predicted octanol–water partition coefficient (Wildman–Crippen LogP) is 3.77. The van der Waals surface area contributed by atoms with Crippen molar-refractivity contribution in [3.05, 3.63) is 23.7 Å². The van der Waals surface area contributed by atoms with E-state index in [2.05, 4.69) is 12.2 Å². The summed E-state index contributed by atoms with van der Waals surface area (Å²) in [4.78, 5) is 0. The number of aliphatic hydroxyl groups excluding tert-OH is 1. The summed E-state index contributed by atoms with van der Waals surface area (Å²) in [5.41, 5.74) is -0.225. The fraction of sp³-hybridized carbons (Fsp3) is 0.733. The average Bonchev–Trinajstić information content (AvgIpc) is 2.93. The lowest BCUT2D eigenvalue weighted by Crippen LogP contribution is -2.50. The van der Waals surface area contributed by atoms with E-state index in [9.17, 15) is 13.9 Å². The van der Waals surface area contributed by atoms with Crippen LogP contribution in [0.25, 0.3) is 0 Å². The molecule has 1 heterocycles. The first-order valence-electron chi connectivity index (χ1n) is 7.36. The molecule has 6 heteroatoms. The van der Waals surface area contributed by atoms with Crippen molar-refractivity contribution in [3.8, 4) is 0 Å². The van der Waals surface area contributed by atoms with Crippen molar-refractivity contribution >= 4 is 11.8 Å². The fourth-order valence-corrected chi connectivity index (χ4v) is 3.17. The maximum atomic E-state index is 12.1. The second-order valence-electron chi connectivity index (χ2n) is 5.91. The molecular weight excluding hydrogens is 296 g/mol. The van der Waals surface area contributed by atoms with Gasteiger partial charge in [-0.05, 0) is 43.7 Å². The maximum absolute atomic E-state index is 12.1. The molecule has 1 saturated carbocycles. The maximum Gasteiger partial charge on any atom is 0.284 e. The first kappa shape index (κ1) is 16.8. The van der Waals surface area contributed by atoms with E-state index in [4.69, 9.17) is 4.42 Å². The van der Waals surface area contributed by atoms with Gasteiger partial charge in [-0.1, -0.05) is 18.7 Å². The lowest BCUT2D eigenvalue weighted by molar-refractivity contribution is 0.102. The van der Waals surface area contributed by atoms with Gasteiger partial charge in [0.1, 0.15) is 11.5 Å².